The molecule has 0 saturated heterocycles. The molecule has 1 aromatic carbocycles. The Hall–Kier alpha value is -1.87. The highest BCUT2D eigenvalue weighted by atomic mass is 32.2. The van der Waals surface area contributed by atoms with Crippen LogP contribution < -0.4 is 9.60 Å². The molecule has 0 bridgehead atoms. The maximum Gasteiger partial charge on any atom is 0.306 e. The number of phenolic OH excluding ortho intramolecular Hbond substituents is 1. The van der Waals surface area contributed by atoms with Crippen molar-refractivity contribution in [3.63, 3.8) is 0 Å². The number of nitrogens with one attached hydrogen (secondary N) is 2. The molecule has 0 spiro atoms. The summed E-state index contributed by atoms with van der Waals surface area (Å²) in [7, 11) is -3.96. The predicted molar refractivity (Wildman–Crippen MR) is 68.5 cm³/mol. The van der Waals surface area contributed by atoms with E-state index in [1.54, 1.807) is 0 Å². The van der Waals surface area contributed by atoms with Gasteiger partial charge in [-0.15, -0.1) is 0 Å². The van der Waals surface area contributed by atoms with E-state index in [1.165, 1.54) is 13.0 Å². The molecule has 1 heterocycles. The SMILES string of the molecule is Cc1[nH]c(=O)sc1S(=O)(=O)Nc1ccc(O)c(F)c1. The summed E-state index contributed by atoms with van der Waals surface area (Å²) in [5.41, 5.74) is 0.164. The molecule has 6 nitrogen and oxygen atoms in total. The standard InChI is InChI=1S/C10H9FN2O4S2/c1-5-9(18-10(15)12-5)19(16,17)13-6-2-3-8(14)7(11)4-6/h2-4,13-14H,1H3,(H,12,15). The van der Waals surface area contributed by atoms with Crippen LogP contribution >= 0.6 is 11.3 Å². The Morgan fingerprint density at radius 2 is 2.11 bits per heavy atom. The second-order valence-corrected chi connectivity index (χ2v) is 6.56. The van der Waals surface area contributed by atoms with Gasteiger partial charge in [0.25, 0.3) is 10.0 Å². The number of aromatic amines is 1. The summed E-state index contributed by atoms with van der Waals surface area (Å²) < 4.78 is 39.0. The Bertz CT molecular complexity index is 779. The van der Waals surface area contributed by atoms with Crippen molar-refractivity contribution in [1.29, 1.82) is 0 Å². The quantitative estimate of drug-likeness (QED) is 0.746. The van der Waals surface area contributed by atoms with E-state index in [0.717, 1.165) is 12.1 Å². The van der Waals surface area contributed by atoms with Crippen LogP contribution in [0.1, 0.15) is 5.69 Å². The number of anilines is 1. The van der Waals surface area contributed by atoms with E-state index in [2.05, 4.69) is 9.71 Å². The highest BCUT2D eigenvalue weighted by Crippen LogP contribution is 2.23. The smallest absolute Gasteiger partial charge is 0.306 e. The molecule has 0 unspecified atom stereocenters. The highest BCUT2D eigenvalue weighted by Gasteiger charge is 2.21. The molecule has 0 aliphatic carbocycles. The summed E-state index contributed by atoms with van der Waals surface area (Å²) in [5, 5.41) is 9.01. The Balaban J connectivity index is 2.39. The van der Waals surface area contributed by atoms with Crippen molar-refractivity contribution in [2.24, 2.45) is 0 Å². The van der Waals surface area contributed by atoms with Crippen LogP contribution in [0.15, 0.2) is 27.2 Å². The highest BCUT2D eigenvalue weighted by molar-refractivity contribution is 7.94. The van der Waals surface area contributed by atoms with Gasteiger partial charge in [0.1, 0.15) is 0 Å². The van der Waals surface area contributed by atoms with Crippen LogP contribution in [-0.4, -0.2) is 18.5 Å². The van der Waals surface area contributed by atoms with Gasteiger partial charge < -0.3 is 10.1 Å². The second-order valence-electron chi connectivity index (χ2n) is 3.70. The van der Waals surface area contributed by atoms with Crippen molar-refractivity contribution in [1.82, 2.24) is 4.98 Å². The van der Waals surface area contributed by atoms with Gasteiger partial charge in [0.15, 0.2) is 15.8 Å². The number of aromatic hydroxyl groups is 1. The van der Waals surface area contributed by atoms with Crippen molar-refractivity contribution in [3.8, 4) is 5.75 Å². The number of phenols is 1. The van der Waals surface area contributed by atoms with Gasteiger partial charge in [-0.25, -0.2) is 12.8 Å². The summed E-state index contributed by atoms with van der Waals surface area (Å²) in [6.45, 7) is 1.45. The number of sulfonamides is 1. The first-order chi connectivity index (χ1) is 8.79. The topological polar surface area (TPSA) is 99.3 Å². The number of aryl methyl sites for hydroxylation is 1. The molecule has 0 atom stereocenters. The van der Waals surface area contributed by atoms with Gasteiger partial charge in [0, 0.05) is 11.8 Å². The van der Waals surface area contributed by atoms with Gasteiger partial charge >= 0.3 is 4.87 Å². The number of hydrogen-bond donors (Lipinski definition) is 3. The maximum atomic E-state index is 13.1. The monoisotopic (exact) mass is 304 g/mol. The maximum absolute atomic E-state index is 13.1. The number of hydrogen-bond acceptors (Lipinski definition) is 5. The molecular weight excluding hydrogens is 295 g/mol. The van der Waals surface area contributed by atoms with Crippen LogP contribution in [-0.2, 0) is 10.0 Å². The lowest BCUT2D eigenvalue weighted by Gasteiger charge is -2.07. The molecule has 0 saturated carbocycles. The minimum Gasteiger partial charge on any atom is -0.505 e. The summed E-state index contributed by atoms with van der Waals surface area (Å²) in [5.74, 6) is -1.52. The van der Waals surface area contributed by atoms with Crippen LogP contribution in [0.2, 0.25) is 0 Å². The number of thiazole rings is 1. The molecule has 102 valence electrons. The summed E-state index contributed by atoms with van der Waals surface area (Å²) in [6, 6.07) is 3.08. The molecule has 0 aliphatic heterocycles. The lowest BCUT2D eigenvalue weighted by molar-refractivity contribution is 0.432. The molecular formula is C10H9FN2O4S2. The van der Waals surface area contributed by atoms with E-state index in [9.17, 15) is 17.6 Å². The molecule has 3 N–H and O–H groups in total. The zero-order valence-electron chi connectivity index (χ0n) is 9.60. The summed E-state index contributed by atoms with van der Waals surface area (Å²) in [6.07, 6.45) is 0. The summed E-state index contributed by atoms with van der Waals surface area (Å²) in [4.78, 5) is 12.9. The van der Waals surface area contributed by atoms with E-state index in [1.807, 2.05) is 0 Å². The lowest BCUT2D eigenvalue weighted by Crippen LogP contribution is -2.12. The van der Waals surface area contributed by atoms with Gasteiger partial charge in [-0.1, -0.05) is 11.3 Å². The molecule has 0 radical (unpaired) electrons. The Morgan fingerprint density at radius 1 is 1.42 bits per heavy atom. The van der Waals surface area contributed by atoms with Crippen molar-refractivity contribution in [3.05, 3.63) is 39.4 Å². The number of benzene rings is 1. The van der Waals surface area contributed by atoms with E-state index < -0.39 is 26.5 Å². The molecule has 1 aromatic heterocycles. The minimum absolute atomic E-state index is 0.0458. The van der Waals surface area contributed by atoms with Crippen LogP contribution in [0.4, 0.5) is 10.1 Å². The van der Waals surface area contributed by atoms with Gasteiger partial charge in [0.2, 0.25) is 0 Å². The van der Waals surface area contributed by atoms with Gasteiger partial charge in [0.05, 0.1) is 5.69 Å². The Morgan fingerprint density at radius 3 is 2.63 bits per heavy atom. The van der Waals surface area contributed by atoms with Gasteiger partial charge in [-0.05, 0) is 19.1 Å². The van der Waals surface area contributed by atoms with Crippen molar-refractivity contribution in [2.75, 3.05) is 4.72 Å². The zero-order chi connectivity index (χ0) is 14.2. The average molecular weight is 304 g/mol. The number of halogens is 1. The molecule has 0 fully saturated rings. The third-order valence-electron chi connectivity index (χ3n) is 2.23. The molecule has 2 rings (SSSR count). The molecule has 2 aromatic rings. The molecule has 19 heavy (non-hydrogen) atoms. The first-order valence-electron chi connectivity index (χ1n) is 5.00. The van der Waals surface area contributed by atoms with Crippen LogP contribution in [0.5, 0.6) is 5.75 Å². The van der Waals surface area contributed by atoms with Crippen LogP contribution in [0.25, 0.3) is 0 Å². The Kier molecular flexibility index (Phi) is 3.33. The van der Waals surface area contributed by atoms with Crippen molar-refractivity contribution in [2.45, 2.75) is 11.1 Å². The van der Waals surface area contributed by atoms with Crippen LogP contribution in [0.3, 0.4) is 0 Å². The fourth-order valence-corrected chi connectivity index (χ4v) is 3.77. The van der Waals surface area contributed by atoms with E-state index in [4.69, 9.17) is 5.11 Å². The fourth-order valence-electron chi connectivity index (χ4n) is 1.42. The van der Waals surface area contributed by atoms with Gasteiger partial charge in [-0.3, -0.25) is 9.52 Å². The molecule has 0 amide bonds. The normalized spacial score (nSPS) is 11.5. The zero-order valence-corrected chi connectivity index (χ0v) is 11.2. The first kappa shape index (κ1) is 13.6. The van der Waals surface area contributed by atoms with E-state index >= 15 is 0 Å². The molecule has 9 heteroatoms. The number of H-pyrrole nitrogens is 1. The van der Waals surface area contributed by atoms with Crippen LogP contribution in [0, 0.1) is 12.7 Å². The second kappa shape index (κ2) is 4.67. The van der Waals surface area contributed by atoms with E-state index in [0.29, 0.717) is 11.3 Å². The Labute approximate surface area is 111 Å². The largest absolute Gasteiger partial charge is 0.505 e. The van der Waals surface area contributed by atoms with Gasteiger partial charge in [-0.2, -0.15) is 0 Å². The predicted octanol–water partition coefficient (Wildman–Crippen LogP) is 1.39. The average Bonchev–Trinajstić information content (AvgIpc) is 2.63. The third kappa shape index (κ3) is 2.76. The first-order valence-corrected chi connectivity index (χ1v) is 7.30. The van der Waals surface area contributed by atoms with Crippen molar-refractivity contribution >= 4 is 27.0 Å². The molecule has 0 aliphatic rings. The number of rotatable bonds is 3. The van der Waals surface area contributed by atoms with Crippen molar-refractivity contribution < 1.29 is 17.9 Å². The third-order valence-corrected chi connectivity index (χ3v) is 5.21. The minimum atomic E-state index is -3.96. The lowest BCUT2D eigenvalue weighted by atomic mass is 10.3. The number of aromatic nitrogens is 1. The summed E-state index contributed by atoms with van der Waals surface area (Å²) >= 11 is 0.543. The fraction of sp³-hybridized carbons (Fsp3) is 0.100. The van der Waals surface area contributed by atoms with E-state index in [-0.39, 0.29) is 15.6 Å².